The van der Waals surface area contributed by atoms with Gasteiger partial charge < -0.3 is 9.84 Å². The molecule has 0 aliphatic carbocycles. The van der Waals surface area contributed by atoms with Crippen LogP contribution in [0.4, 0.5) is 17.6 Å². The number of nitrogens with zero attached hydrogens (tertiary/aromatic N) is 1. The fourth-order valence-corrected chi connectivity index (χ4v) is 1.70. The Kier molecular flexibility index (Phi) is 4.11. The summed E-state index contributed by atoms with van der Waals surface area (Å²) in [7, 11) is 0. The first kappa shape index (κ1) is 13.9. The summed E-state index contributed by atoms with van der Waals surface area (Å²) in [4.78, 5) is 14.2. The molecule has 0 fully saturated rings. The predicted molar refractivity (Wildman–Crippen MR) is 55.4 cm³/mol. The van der Waals surface area contributed by atoms with Crippen LogP contribution in [0.5, 0.6) is 5.75 Å². The molecule has 0 radical (unpaired) electrons. The Bertz CT molecular complexity index is 449. The van der Waals surface area contributed by atoms with Gasteiger partial charge in [-0.25, -0.2) is 14.2 Å². The molecule has 17 heavy (non-hydrogen) atoms. The summed E-state index contributed by atoms with van der Waals surface area (Å²) in [6.07, 6.45) is -5.04. The second-order valence-electron chi connectivity index (χ2n) is 2.77. The molecule has 0 spiro atoms. The van der Waals surface area contributed by atoms with Crippen molar-refractivity contribution in [3.8, 4) is 5.75 Å². The summed E-state index contributed by atoms with van der Waals surface area (Å²) in [6.45, 7) is -1.08. The van der Waals surface area contributed by atoms with Crippen molar-refractivity contribution < 1.29 is 32.2 Å². The number of carbonyl (C=O) groups is 1. The topological polar surface area (TPSA) is 59.4 Å². The minimum absolute atomic E-state index is 0.277. The Hall–Kier alpha value is -1.13. The van der Waals surface area contributed by atoms with E-state index in [1.54, 1.807) is 0 Å². The summed E-state index contributed by atoms with van der Waals surface area (Å²) in [5.41, 5.74) is -1.06. The molecule has 1 rings (SSSR count). The highest BCUT2D eigenvalue weighted by Crippen LogP contribution is 2.31. The highest BCUT2D eigenvalue weighted by Gasteiger charge is 2.34. The van der Waals surface area contributed by atoms with E-state index in [-0.39, 0.29) is 9.39 Å². The molecule has 9 heteroatoms. The maximum atomic E-state index is 12.3. The number of rotatable bonds is 3. The molecule has 0 bridgehead atoms. The van der Waals surface area contributed by atoms with Crippen LogP contribution in [0.1, 0.15) is 16.1 Å². The second-order valence-corrected chi connectivity index (χ2v) is 3.79. The number of alkyl halides is 4. The summed E-state index contributed by atoms with van der Waals surface area (Å²) < 4.78 is 51.6. The van der Waals surface area contributed by atoms with Crippen molar-refractivity contribution in [3.05, 3.63) is 21.0 Å². The van der Waals surface area contributed by atoms with Gasteiger partial charge in [0, 0.05) is 0 Å². The van der Waals surface area contributed by atoms with E-state index in [4.69, 9.17) is 5.11 Å². The summed E-state index contributed by atoms with van der Waals surface area (Å²) in [5.74, 6) is -2.60. The van der Waals surface area contributed by atoms with E-state index in [2.05, 4.69) is 9.72 Å². The molecule has 0 unspecified atom stereocenters. The Balaban J connectivity index is 3.32. The van der Waals surface area contributed by atoms with E-state index in [0.29, 0.717) is 6.07 Å². The van der Waals surface area contributed by atoms with Crippen LogP contribution in [-0.2, 0) is 6.67 Å². The lowest BCUT2D eigenvalue weighted by Crippen LogP contribution is -2.20. The largest absolute Gasteiger partial charge is 0.573 e. The first-order chi connectivity index (χ1) is 7.74. The van der Waals surface area contributed by atoms with Crippen molar-refractivity contribution in [1.82, 2.24) is 4.98 Å². The summed E-state index contributed by atoms with van der Waals surface area (Å²) in [5, 5.41) is 8.71. The maximum Gasteiger partial charge on any atom is 0.573 e. The molecule has 0 aliphatic rings. The SMILES string of the molecule is O=C(O)c1cc(CF)nc(I)c1OC(F)(F)F. The highest BCUT2D eigenvalue weighted by molar-refractivity contribution is 14.1. The molecule has 0 atom stereocenters. The zero-order valence-electron chi connectivity index (χ0n) is 7.89. The van der Waals surface area contributed by atoms with Gasteiger partial charge in [-0.05, 0) is 28.7 Å². The Morgan fingerprint density at radius 2 is 2.12 bits per heavy atom. The van der Waals surface area contributed by atoms with Gasteiger partial charge in [0.2, 0.25) is 0 Å². The normalized spacial score (nSPS) is 11.4. The van der Waals surface area contributed by atoms with Gasteiger partial charge in [-0.1, -0.05) is 0 Å². The Morgan fingerprint density at radius 1 is 1.53 bits per heavy atom. The predicted octanol–water partition coefficient (Wildman–Crippen LogP) is 2.75. The highest BCUT2D eigenvalue weighted by atomic mass is 127. The zero-order chi connectivity index (χ0) is 13.2. The number of hydrogen-bond donors (Lipinski definition) is 1. The van der Waals surface area contributed by atoms with Crippen LogP contribution in [0.2, 0.25) is 0 Å². The molecular weight excluding hydrogens is 361 g/mol. The summed E-state index contributed by atoms with van der Waals surface area (Å²) in [6, 6.07) is 0.700. The quantitative estimate of drug-likeness (QED) is 0.509. The smallest absolute Gasteiger partial charge is 0.478 e. The molecule has 4 nitrogen and oxygen atoms in total. The molecule has 1 aromatic rings. The number of hydrogen-bond acceptors (Lipinski definition) is 3. The monoisotopic (exact) mass is 365 g/mol. The van der Waals surface area contributed by atoms with Gasteiger partial charge >= 0.3 is 12.3 Å². The van der Waals surface area contributed by atoms with E-state index in [1.165, 1.54) is 22.6 Å². The first-order valence-electron chi connectivity index (χ1n) is 3.99. The third-order valence-electron chi connectivity index (χ3n) is 1.57. The Morgan fingerprint density at radius 3 is 2.53 bits per heavy atom. The van der Waals surface area contributed by atoms with E-state index < -0.39 is 30.3 Å². The van der Waals surface area contributed by atoms with Crippen molar-refractivity contribution in [2.45, 2.75) is 13.0 Å². The molecule has 0 aliphatic heterocycles. The molecule has 1 aromatic heterocycles. The van der Waals surface area contributed by atoms with E-state index in [0.717, 1.165) is 0 Å². The molecular formula is C8H4F4INO3. The first-order valence-corrected chi connectivity index (χ1v) is 5.07. The van der Waals surface area contributed by atoms with Crippen LogP contribution in [0, 0.1) is 3.70 Å². The lowest BCUT2D eigenvalue weighted by molar-refractivity contribution is -0.275. The molecule has 0 aromatic carbocycles. The molecule has 0 amide bonds. The van der Waals surface area contributed by atoms with Crippen molar-refractivity contribution in [2.24, 2.45) is 0 Å². The number of ether oxygens (including phenoxy) is 1. The van der Waals surface area contributed by atoms with Crippen LogP contribution in [0.3, 0.4) is 0 Å². The van der Waals surface area contributed by atoms with Crippen LogP contribution in [0.15, 0.2) is 6.07 Å². The average Bonchev–Trinajstić information content (AvgIpc) is 2.18. The molecule has 1 N–H and O–H groups in total. The van der Waals surface area contributed by atoms with Crippen molar-refractivity contribution in [1.29, 1.82) is 0 Å². The van der Waals surface area contributed by atoms with Crippen LogP contribution < -0.4 is 4.74 Å². The van der Waals surface area contributed by atoms with Gasteiger partial charge in [0.25, 0.3) is 0 Å². The zero-order valence-corrected chi connectivity index (χ0v) is 10.0. The fraction of sp³-hybridized carbons (Fsp3) is 0.250. The number of pyridine rings is 1. The van der Waals surface area contributed by atoms with Gasteiger partial charge in [0.1, 0.15) is 15.9 Å². The number of carboxylic acid groups (broad SMARTS) is 1. The summed E-state index contributed by atoms with van der Waals surface area (Å²) >= 11 is 1.34. The van der Waals surface area contributed by atoms with Crippen LogP contribution >= 0.6 is 22.6 Å². The average molecular weight is 365 g/mol. The number of aromatic carboxylic acids is 1. The van der Waals surface area contributed by atoms with Gasteiger partial charge in [-0.15, -0.1) is 13.2 Å². The minimum atomic E-state index is -5.04. The van der Waals surface area contributed by atoms with Crippen molar-refractivity contribution >= 4 is 28.6 Å². The Labute approximate surface area is 106 Å². The molecule has 0 saturated carbocycles. The van der Waals surface area contributed by atoms with Gasteiger partial charge in [0.15, 0.2) is 5.75 Å². The third kappa shape index (κ3) is 3.68. The number of carboxylic acids is 1. The van der Waals surface area contributed by atoms with Gasteiger partial charge in [-0.2, -0.15) is 0 Å². The standard InChI is InChI=1S/C8H4F4INO3/c9-2-3-1-4(7(15)16)5(6(13)14-3)17-8(10,11)12/h1H,2H2,(H,15,16). The van der Waals surface area contributed by atoms with Crippen LogP contribution in [0.25, 0.3) is 0 Å². The van der Waals surface area contributed by atoms with E-state index in [9.17, 15) is 22.4 Å². The lowest BCUT2D eigenvalue weighted by atomic mass is 10.2. The molecule has 0 saturated heterocycles. The van der Waals surface area contributed by atoms with Crippen LogP contribution in [-0.4, -0.2) is 22.4 Å². The van der Waals surface area contributed by atoms with E-state index in [1.807, 2.05) is 0 Å². The molecule has 1 heterocycles. The fourth-order valence-electron chi connectivity index (χ4n) is 0.993. The number of halogens is 5. The third-order valence-corrected chi connectivity index (χ3v) is 2.30. The maximum absolute atomic E-state index is 12.3. The van der Waals surface area contributed by atoms with Gasteiger partial charge in [0.05, 0.1) is 5.69 Å². The van der Waals surface area contributed by atoms with Gasteiger partial charge in [-0.3, -0.25) is 0 Å². The van der Waals surface area contributed by atoms with Crippen molar-refractivity contribution in [2.75, 3.05) is 0 Å². The second kappa shape index (κ2) is 5.02. The number of aromatic nitrogens is 1. The lowest BCUT2D eigenvalue weighted by Gasteiger charge is -2.13. The van der Waals surface area contributed by atoms with Crippen molar-refractivity contribution in [3.63, 3.8) is 0 Å². The van der Waals surface area contributed by atoms with E-state index >= 15 is 0 Å². The minimum Gasteiger partial charge on any atom is -0.478 e. The molecule has 94 valence electrons.